The predicted octanol–water partition coefficient (Wildman–Crippen LogP) is 2.60. The minimum absolute atomic E-state index is 0.185. The highest BCUT2D eigenvalue weighted by Crippen LogP contribution is 2.21. The maximum absolute atomic E-state index is 11.8. The summed E-state index contributed by atoms with van der Waals surface area (Å²) in [6, 6.07) is 4.98. The van der Waals surface area contributed by atoms with E-state index in [1.807, 2.05) is 0 Å². The lowest BCUT2D eigenvalue weighted by Gasteiger charge is -2.17. The van der Waals surface area contributed by atoms with Gasteiger partial charge >= 0.3 is 0 Å². The molecule has 5 heteroatoms. The van der Waals surface area contributed by atoms with Crippen LogP contribution in [0.5, 0.6) is 0 Å². The zero-order valence-electron chi connectivity index (χ0n) is 9.05. The van der Waals surface area contributed by atoms with E-state index in [0.717, 1.165) is 0 Å². The summed E-state index contributed by atoms with van der Waals surface area (Å²) in [6.45, 7) is 3.44. The van der Waals surface area contributed by atoms with E-state index in [0.29, 0.717) is 15.1 Å². The molecule has 0 bridgehead atoms. The van der Waals surface area contributed by atoms with Crippen LogP contribution in [-0.2, 0) is 0 Å². The van der Waals surface area contributed by atoms with Crippen LogP contribution in [0.2, 0.25) is 5.02 Å². The van der Waals surface area contributed by atoms with Gasteiger partial charge in [-0.2, -0.15) is 0 Å². The number of benzene rings is 1. The van der Waals surface area contributed by atoms with Gasteiger partial charge in [0.2, 0.25) is 0 Å². The summed E-state index contributed by atoms with van der Waals surface area (Å²) in [5, 5.41) is 12.6. The van der Waals surface area contributed by atoms with Crippen LogP contribution >= 0.6 is 27.5 Å². The lowest BCUT2D eigenvalue weighted by atomic mass is 10.1. The number of nitrogens with one attached hydrogen (secondary N) is 1. The number of amides is 1. The van der Waals surface area contributed by atoms with Gasteiger partial charge in [0, 0.05) is 16.0 Å². The third-order valence-electron chi connectivity index (χ3n) is 1.85. The maximum atomic E-state index is 11.8. The van der Waals surface area contributed by atoms with Gasteiger partial charge in [-0.3, -0.25) is 4.79 Å². The summed E-state index contributed by atoms with van der Waals surface area (Å²) >= 11 is 9.07. The largest absolute Gasteiger partial charge is 0.389 e. The number of carbonyl (C=O) groups excluding carboxylic acids is 1. The monoisotopic (exact) mass is 305 g/mol. The van der Waals surface area contributed by atoms with Crippen LogP contribution in [0.4, 0.5) is 0 Å². The quantitative estimate of drug-likeness (QED) is 0.902. The molecule has 0 atom stereocenters. The highest BCUT2D eigenvalue weighted by atomic mass is 79.9. The van der Waals surface area contributed by atoms with Crippen molar-refractivity contribution in [2.24, 2.45) is 0 Å². The molecular formula is C11H13BrClNO2. The van der Waals surface area contributed by atoms with Gasteiger partial charge in [0.1, 0.15) is 0 Å². The van der Waals surface area contributed by atoms with Gasteiger partial charge in [-0.1, -0.05) is 11.6 Å². The van der Waals surface area contributed by atoms with Crippen molar-refractivity contribution in [3.63, 3.8) is 0 Å². The minimum atomic E-state index is -0.930. The molecule has 0 heterocycles. The first-order valence-corrected chi connectivity index (χ1v) is 5.92. The Morgan fingerprint density at radius 1 is 1.56 bits per heavy atom. The molecule has 1 aromatic rings. The van der Waals surface area contributed by atoms with Crippen molar-refractivity contribution >= 4 is 33.4 Å². The van der Waals surface area contributed by atoms with Gasteiger partial charge in [0.25, 0.3) is 5.91 Å². The van der Waals surface area contributed by atoms with Crippen molar-refractivity contribution in [1.29, 1.82) is 0 Å². The Labute approximate surface area is 108 Å². The molecule has 2 N–H and O–H groups in total. The molecule has 0 radical (unpaired) electrons. The summed E-state index contributed by atoms with van der Waals surface area (Å²) < 4.78 is 0.671. The van der Waals surface area contributed by atoms with Gasteiger partial charge in [-0.25, -0.2) is 0 Å². The molecule has 0 fully saturated rings. The van der Waals surface area contributed by atoms with Crippen LogP contribution in [0.1, 0.15) is 24.2 Å². The van der Waals surface area contributed by atoms with Crippen molar-refractivity contribution in [2.45, 2.75) is 19.4 Å². The molecule has 16 heavy (non-hydrogen) atoms. The van der Waals surface area contributed by atoms with E-state index < -0.39 is 5.60 Å². The van der Waals surface area contributed by atoms with E-state index in [1.54, 1.807) is 32.0 Å². The molecule has 3 nitrogen and oxygen atoms in total. The predicted molar refractivity (Wildman–Crippen MR) is 67.8 cm³/mol. The highest BCUT2D eigenvalue weighted by molar-refractivity contribution is 9.10. The molecular weight excluding hydrogens is 293 g/mol. The third-order valence-corrected chi connectivity index (χ3v) is 2.78. The fourth-order valence-electron chi connectivity index (χ4n) is 1.06. The second-order valence-electron chi connectivity index (χ2n) is 4.12. The first-order chi connectivity index (χ1) is 7.29. The van der Waals surface area contributed by atoms with Crippen molar-refractivity contribution in [1.82, 2.24) is 5.32 Å². The smallest absolute Gasteiger partial charge is 0.252 e. The molecule has 1 rings (SSSR count). The van der Waals surface area contributed by atoms with Gasteiger partial charge in [-0.15, -0.1) is 0 Å². The Balaban J connectivity index is 2.77. The van der Waals surface area contributed by atoms with Crippen molar-refractivity contribution in [3.8, 4) is 0 Å². The second kappa shape index (κ2) is 5.17. The fourth-order valence-corrected chi connectivity index (χ4v) is 1.66. The molecule has 0 aliphatic carbocycles. The Hall–Kier alpha value is -0.580. The first-order valence-electron chi connectivity index (χ1n) is 4.75. The van der Waals surface area contributed by atoms with E-state index in [1.165, 1.54) is 0 Å². The molecule has 0 spiro atoms. The summed E-state index contributed by atoms with van der Waals surface area (Å²) in [7, 11) is 0. The first kappa shape index (κ1) is 13.5. The van der Waals surface area contributed by atoms with Crippen molar-refractivity contribution in [3.05, 3.63) is 33.3 Å². The molecule has 0 unspecified atom stereocenters. The fraction of sp³-hybridized carbons (Fsp3) is 0.364. The van der Waals surface area contributed by atoms with Gasteiger partial charge < -0.3 is 10.4 Å². The molecule has 0 saturated carbocycles. The Morgan fingerprint density at radius 3 is 2.75 bits per heavy atom. The van der Waals surface area contributed by atoms with Crippen LogP contribution in [0.25, 0.3) is 0 Å². The van der Waals surface area contributed by atoms with Gasteiger partial charge in [0.15, 0.2) is 0 Å². The van der Waals surface area contributed by atoms with Crippen LogP contribution in [0, 0.1) is 0 Å². The summed E-state index contributed by atoms with van der Waals surface area (Å²) in [5.41, 5.74) is -0.475. The van der Waals surface area contributed by atoms with Crippen LogP contribution in [0.15, 0.2) is 22.7 Å². The van der Waals surface area contributed by atoms with E-state index >= 15 is 0 Å². The molecule has 0 aliphatic heterocycles. The lowest BCUT2D eigenvalue weighted by Crippen LogP contribution is -2.38. The number of hydrogen-bond donors (Lipinski definition) is 2. The second-order valence-corrected chi connectivity index (χ2v) is 5.41. The summed E-state index contributed by atoms with van der Waals surface area (Å²) in [4.78, 5) is 11.8. The van der Waals surface area contributed by atoms with Crippen LogP contribution < -0.4 is 5.32 Å². The highest BCUT2D eigenvalue weighted by Gasteiger charge is 2.16. The topological polar surface area (TPSA) is 49.3 Å². The normalized spacial score (nSPS) is 11.3. The number of hydrogen-bond acceptors (Lipinski definition) is 2. The Bertz CT molecular complexity index is 401. The van der Waals surface area contributed by atoms with E-state index in [-0.39, 0.29) is 12.5 Å². The van der Waals surface area contributed by atoms with Crippen molar-refractivity contribution in [2.75, 3.05) is 6.54 Å². The molecule has 1 aromatic carbocycles. The zero-order chi connectivity index (χ0) is 12.3. The number of rotatable bonds is 3. The van der Waals surface area contributed by atoms with Crippen molar-refractivity contribution < 1.29 is 9.90 Å². The molecule has 88 valence electrons. The van der Waals surface area contributed by atoms with Gasteiger partial charge in [0.05, 0.1) is 11.2 Å². The number of carbonyl (C=O) groups is 1. The van der Waals surface area contributed by atoms with Crippen LogP contribution in [0.3, 0.4) is 0 Å². The van der Waals surface area contributed by atoms with Gasteiger partial charge in [-0.05, 0) is 48.0 Å². The summed E-state index contributed by atoms with van der Waals surface area (Å²) in [6.07, 6.45) is 0. The average Bonchev–Trinajstić information content (AvgIpc) is 2.17. The van der Waals surface area contributed by atoms with E-state index in [2.05, 4.69) is 21.2 Å². The van der Waals surface area contributed by atoms with Crippen LogP contribution in [-0.4, -0.2) is 23.2 Å². The maximum Gasteiger partial charge on any atom is 0.252 e. The minimum Gasteiger partial charge on any atom is -0.389 e. The molecule has 0 aliphatic rings. The molecule has 1 amide bonds. The average molecular weight is 307 g/mol. The molecule has 0 saturated heterocycles. The lowest BCUT2D eigenvalue weighted by molar-refractivity contribution is 0.0694. The standard InChI is InChI=1S/C11H13BrClNO2/c1-11(2,16)6-14-10(15)8-5-7(13)3-4-9(8)12/h3-5,16H,6H2,1-2H3,(H,14,15). The Kier molecular flexibility index (Phi) is 4.35. The van der Waals surface area contributed by atoms with E-state index in [9.17, 15) is 9.90 Å². The Morgan fingerprint density at radius 2 is 2.19 bits per heavy atom. The SMILES string of the molecule is CC(C)(O)CNC(=O)c1cc(Cl)ccc1Br. The third kappa shape index (κ3) is 4.12. The summed E-state index contributed by atoms with van der Waals surface area (Å²) in [5.74, 6) is -0.267. The zero-order valence-corrected chi connectivity index (χ0v) is 11.4. The number of halogens is 2. The molecule has 0 aromatic heterocycles. The van der Waals surface area contributed by atoms with E-state index in [4.69, 9.17) is 11.6 Å². The number of aliphatic hydroxyl groups is 1.